The quantitative estimate of drug-likeness (QED) is 0.195. The molecule has 0 saturated heterocycles. The molecule has 10 rings (SSSR count). The van der Waals surface area contributed by atoms with Crippen molar-refractivity contribution in [2.45, 2.75) is 0 Å². The number of benzene rings is 7. The molecule has 0 radical (unpaired) electrons. The Morgan fingerprint density at radius 1 is 0.479 bits per heavy atom. The number of aromatic nitrogens is 4. The summed E-state index contributed by atoms with van der Waals surface area (Å²) in [5.74, 6) is 0.365. The minimum atomic E-state index is -0.562. The van der Waals surface area contributed by atoms with E-state index in [-0.39, 0.29) is 73.4 Å². The molecule has 0 fully saturated rings. The van der Waals surface area contributed by atoms with Crippen molar-refractivity contribution in [3.63, 3.8) is 0 Å². The molecule has 3 heterocycles. The van der Waals surface area contributed by atoms with Crippen molar-refractivity contribution < 1.29 is 18.1 Å². The Labute approximate surface area is 289 Å². The van der Waals surface area contributed by atoms with Gasteiger partial charge in [-0.15, -0.1) is 0 Å². The van der Waals surface area contributed by atoms with Gasteiger partial charge in [-0.2, -0.15) is 9.97 Å². The monoisotopic (exact) mass is 624 g/mol. The summed E-state index contributed by atoms with van der Waals surface area (Å²) in [7, 11) is 0. The van der Waals surface area contributed by atoms with Crippen molar-refractivity contribution in [1.29, 1.82) is 0 Å². The fourth-order valence-corrected chi connectivity index (χ4v) is 6.21. The summed E-state index contributed by atoms with van der Waals surface area (Å²) in [6.07, 6.45) is 0. The molecule has 0 amide bonds. The molecule has 0 atom stereocenters. The average Bonchev–Trinajstić information content (AvgIpc) is 3.85. The zero-order valence-corrected chi connectivity index (χ0v) is 24.9. The fourth-order valence-electron chi connectivity index (χ4n) is 6.21. The Balaban J connectivity index is 1.32. The Bertz CT molecular complexity index is 3420. The molecule has 0 N–H and O–H groups in total. The van der Waals surface area contributed by atoms with Gasteiger partial charge in [-0.3, -0.25) is 4.57 Å². The second kappa shape index (κ2) is 10.5. The Morgan fingerprint density at radius 2 is 1.19 bits per heavy atom. The van der Waals surface area contributed by atoms with Crippen LogP contribution in [0.2, 0.25) is 0 Å². The van der Waals surface area contributed by atoms with Crippen LogP contribution in [-0.4, -0.2) is 19.5 Å². The standard InChI is InChI=1S/C43H26N4O/c1-2-12-28(13-3-1)41-44-42(32-16-10-15-30(24-32)31-22-21-27-11-4-5-14-29(27)23-31)46-43(45-41)47-37-19-8-6-17-33(37)35-25-36-34-18-7-9-20-39(34)48-40(36)26-38(35)47/h1-26H/i6D,7D,8D,9D,17D,18D,19D,20D,25D,26D. The Morgan fingerprint density at radius 3 is 2.08 bits per heavy atom. The van der Waals surface area contributed by atoms with E-state index in [1.54, 1.807) is 0 Å². The van der Waals surface area contributed by atoms with E-state index in [0.29, 0.717) is 11.1 Å². The predicted octanol–water partition coefficient (Wildman–Crippen LogP) is 11.0. The van der Waals surface area contributed by atoms with Gasteiger partial charge in [-0.05, 0) is 52.2 Å². The van der Waals surface area contributed by atoms with E-state index in [9.17, 15) is 2.74 Å². The van der Waals surface area contributed by atoms with Gasteiger partial charge in [0.05, 0.1) is 24.7 Å². The lowest BCUT2D eigenvalue weighted by Gasteiger charge is -2.12. The molecule has 5 heteroatoms. The minimum absolute atomic E-state index is 0.0591. The Kier molecular flexibility index (Phi) is 4.04. The summed E-state index contributed by atoms with van der Waals surface area (Å²) in [6, 6.07) is 26.3. The highest BCUT2D eigenvalue weighted by Crippen LogP contribution is 2.38. The molecular weight excluding hydrogens is 589 g/mol. The van der Waals surface area contributed by atoms with Gasteiger partial charge in [0.25, 0.3) is 0 Å². The van der Waals surface area contributed by atoms with E-state index < -0.39 is 48.3 Å². The van der Waals surface area contributed by atoms with Crippen LogP contribution < -0.4 is 0 Å². The van der Waals surface area contributed by atoms with Crippen LogP contribution in [0.25, 0.3) is 94.4 Å². The van der Waals surface area contributed by atoms with Crippen LogP contribution in [0.5, 0.6) is 0 Å². The van der Waals surface area contributed by atoms with Gasteiger partial charge in [0.1, 0.15) is 11.2 Å². The molecule has 7 aromatic carbocycles. The summed E-state index contributed by atoms with van der Waals surface area (Å²) < 4.78 is 95.9. The SMILES string of the molecule is [2H]c1c([2H])c([2H])c2c(oc3c([2H])c4c(c([2H])c32)c2c([2H])c([2H])c([2H])c([2H])c2n4-c2nc(-c3ccccc3)nc(-c3cccc(-c4ccc5ccccc5c4)c3)n2)c1[2H]. The Hall–Kier alpha value is -6.59. The first-order chi connectivity index (χ1) is 27.9. The lowest BCUT2D eigenvalue weighted by atomic mass is 9.99. The molecule has 10 aromatic rings. The molecule has 0 aliphatic carbocycles. The van der Waals surface area contributed by atoms with Gasteiger partial charge in [0, 0.05) is 38.7 Å². The normalized spacial score (nSPS) is 14.7. The van der Waals surface area contributed by atoms with Gasteiger partial charge in [0.15, 0.2) is 11.6 Å². The molecule has 5 nitrogen and oxygen atoms in total. The first-order valence-electron chi connectivity index (χ1n) is 20.2. The predicted molar refractivity (Wildman–Crippen MR) is 195 cm³/mol. The zero-order chi connectivity index (χ0) is 40.3. The van der Waals surface area contributed by atoms with E-state index >= 15 is 0 Å². The van der Waals surface area contributed by atoms with E-state index in [1.807, 2.05) is 84.9 Å². The third-order valence-corrected chi connectivity index (χ3v) is 8.48. The maximum absolute atomic E-state index is 9.60. The van der Waals surface area contributed by atoms with Crippen molar-refractivity contribution >= 4 is 54.5 Å². The van der Waals surface area contributed by atoms with Crippen molar-refractivity contribution in [3.05, 3.63) is 157 Å². The largest absolute Gasteiger partial charge is 0.456 e. The molecule has 0 unspecified atom stereocenters. The second-order valence-corrected chi connectivity index (χ2v) is 11.3. The van der Waals surface area contributed by atoms with Crippen LogP contribution in [0, 0.1) is 0 Å². The average molecular weight is 625 g/mol. The van der Waals surface area contributed by atoms with Crippen molar-refractivity contribution in [3.8, 4) is 39.9 Å². The van der Waals surface area contributed by atoms with Crippen LogP contribution in [0.1, 0.15) is 13.7 Å². The number of fused-ring (bicyclic) bond motifs is 7. The summed E-state index contributed by atoms with van der Waals surface area (Å²) in [5.41, 5.74) is 2.47. The van der Waals surface area contributed by atoms with Crippen molar-refractivity contribution in [1.82, 2.24) is 19.5 Å². The number of nitrogens with zero attached hydrogens (tertiary/aromatic N) is 4. The summed E-state index contributed by atoms with van der Waals surface area (Å²) in [4.78, 5) is 14.7. The molecule has 3 aromatic heterocycles. The summed E-state index contributed by atoms with van der Waals surface area (Å²) in [5, 5.41) is 1.84. The van der Waals surface area contributed by atoms with E-state index in [4.69, 9.17) is 30.3 Å². The second-order valence-electron chi connectivity index (χ2n) is 11.3. The zero-order valence-electron chi connectivity index (χ0n) is 34.9. The number of hydrogen-bond donors (Lipinski definition) is 0. The highest BCUT2D eigenvalue weighted by atomic mass is 16.3. The van der Waals surface area contributed by atoms with E-state index in [2.05, 4.69) is 12.1 Å². The van der Waals surface area contributed by atoms with E-state index in [1.165, 1.54) is 4.57 Å². The van der Waals surface area contributed by atoms with Crippen molar-refractivity contribution in [2.24, 2.45) is 0 Å². The maximum atomic E-state index is 9.60. The molecule has 0 aliphatic rings. The van der Waals surface area contributed by atoms with Crippen LogP contribution in [0.15, 0.2) is 162 Å². The minimum Gasteiger partial charge on any atom is -0.456 e. The first kappa shape index (κ1) is 18.5. The van der Waals surface area contributed by atoms with Crippen LogP contribution >= 0.6 is 0 Å². The van der Waals surface area contributed by atoms with Gasteiger partial charge in [0.2, 0.25) is 5.95 Å². The molecule has 0 spiro atoms. The number of furan rings is 1. The van der Waals surface area contributed by atoms with Crippen LogP contribution in [0.4, 0.5) is 0 Å². The fraction of sp³-hybridized carbons (Fsp3) is 0. The highest BCUT2D eigenvalue weighted by molar-refractivity contribution is 6.17. The number of hydrogen-bond acceptors (Lipinski definition) is 4. The lowest BCUT2D eigenvalue weighted by molar-refractivity contribution is 0.669. The molecule has 48 heavy (non-hydrogen) atoms. The van der Waals surface area contributed by atoms with Crippen LogP contribution in [0.3, 0.4) is 0 Å². The maximum Gasteiger partial charge on any atom is 0.238 e. The molecular formula is C43H26N4O. The third-order valence-electron chi connectivity index (χ3n) is 8.48. The first-order valence-corrected chi connectivity index (χ1v) is 15.2. The number of para-hydroxylation sites is 2. The lowest BCUT2D eigenvalue weighted by Crippen LogP contribution is -2.06. The third kappa shape index (κ3) is 4.22. The summed E-state index contributed by atoms with van der Waals surface area (Å²) in [6.45, 7) is 0. The molecule has 0 bridgehead atoms. The molecule has 224 valence electrons. The van der Waals surface area contributed by atoms with Gasteiger partial charge >= 0.3 is 0 Å². The van der Waals surface area contributed by atoms with Gasteiger partial charge in [-0.1, -0.05) is 121 Å². The topological polar surface area (TPSA) is 56.7 Å². The molecule has 0 aliphatic heterocycles. The van der Waals surface area contributed by atoms with Gasteiger partial charge < -0.3 is 4.42 Å². The smallest absolute Gasteiger partial charge is 0.238 e. The molecule has 0 saturated carbocycles. The highest BCUT2D eigenvalue weighted by Gasteiger charge is 2.20. The van der Waals surface area contributed by atoms with Crippen molar-refractivity contribution in [2.75, 3.05) is 0 Å². The van der Waals surface area contributed by atoms with Gasteiger partial charge in [-0.25, -0.2) is 4.98 Å². The van der Waals surface area contributed by atoms with E-state index in [0.717, 1.165) is 21.9 Å². The number of rotatable bonds is 4. The summed E-state index contributed by atoms with van der Waals surface area (Å²) >= 11 is 0. The van der Waals surface area contributed by atoms with Crippen LogP contribution in [-0.2, 0) is 0 Å².